The molecule has 1 aliphatic heterocycles. The van der Waals surface area contributed by atoms with E-state index < -0.39 is 0 Å². The first-order chi connectivity index (χ1) is 9.74. The lowest BCUT2D eigenvalue weighted by atomic mass is 10.1. The molecule has 20 heavy (non-hydrogen) atoms. The van der Waals surface area contributed by atoms with Crippen molar-refractivity contribution in [2.45, 2.75) is 11.3 Å². The molecule has 102 valence electrons. The van der Waals surface area contributed by atoms with Crippen LogP contribution in [0, 0.1) is 0 Å². The van der Waals surface area contributed by atoms with Gasteiger partial charge in [0.1, 0.15) is 5.75 Å². The molecule has 1 heterocycles. The van der Waals surface area contributed by atoms with Crippen LogP contribution in [-0.4, -0.2) is 18.1 Å². The smallest absolute Gasteiger partial charge is 0.173 e. The quantitative estimate of drug-likeness (QED) is 0.606. The molecule has 0 bridgehead atoms. The zero-order chi connectivity index (χ0) is 13.9. The molecule has 2 aromatic carbocycles. The van der Waals surface area contributed by atoms with Crippen molar-refractivity contribution in [3.05, 3.63) is 58.1 Å². The molecule has 0 spiro atoms. The number of thioether (sulfide) groups is 1. The normalized spacial score (nSPS) is 12.8. The number of hydrogen-bond donors (Lipinski definition) is 0. The average molecular weight is 349 g/mol. The maximum Gasteiger partial charge on any atom is 0.173 e. The molecule has 0 saturated carbocycles. The van der Waals surface area contributed by atoms with Crippen LogP contribution in [-0.2, 0) is 6.42 Å². The zero-order valence-corrected chi connectivity index (χ0v) is 13.2. The molecule has 0 aliphatic carbocycles. The summed E-state index contributed by atoms with van der Waals surface area (Å²) >= 11 is 5.05. The van der Waals surface area contributed by atoms with Gasteiger partial charge in [-0.05, 0) is 51.8 Å². The van der Waals surface area contributed by atoms with E-state index in [1.165, 1.54) is 0 Å². The Morgan fingerprint density at radius 1 is 1.25 bits per heavy atom. The molecule has 0 fully saturated rings. The van der Waals surface area contributed by atoms with Crippen molar-refractivity contribution in [3.8, 4) is 5.75 Å². The fourth-order valence-corrected chi connectivity index (χ4v) is 3.61. The first kappa shape index (κ1) is 13.7. The highest BCUT2D eigenvalue weighted by atomic mass is 79.9. The third kappa shape index (κ3) is 2.91. The van der Waals surface area contributed by atoms with Gasteiger partial charge in [0, 0.05) is 21.4 Å². The summed E-state index contributed by atoms with van der Waals surface area (Å²) in [5, 5.41) is 0. The number of Topliss-reactive ketones (excluding diaryl/α,β-unsaturated/α-hetero) is 1. The Morgan fingerprint density at radius 3 is 2.95 bits per heavy atom. The molecule has 0 radical (unpaired) electrons. The number of hydrogen-bond acceptors (Lipinski definition) is 3. The van der Waals surface area contributed by atoms with Crippen LogP contribution < -0.4 is 4.74 Å². The van der Waals surface area contributed by atoms with E-state index in [9.17, 15) is 4.79 Å². The standard InChI is InChI=1S/C16H13BrO2S/c17-13-3-1-2-4-16(13)20-10-14(18)11-5-6-15-12(9-11)7-8-19-15/h1-6,9H,7-8,10H2. The minimum absolute atomic E-state index is 0.153. The largest absolute Gasteiger partial charge is 0.493 e. The van der Waals surface area contributed by atoms with Crippen molar-refractivity contribution in [1.29, 1.82) is 0 Å². The van der Waals surface area contributed by atoms with E-state index in [4.69, 9.17) is 4.74 Å². The van der Waals surface area contributed by atoms with Gasteiger partial charge in [0.2, 0.25) is 0 Å². The number of benzene rings is 2. The second-order valence-electron chi connectivity index (χ2n) is 4.56. The first-order valence-corrected chi connectivity index (χ1v) is 8.18. The van der Waals surface area contributed by atoms with Crippen molar-refractivity contribution in [1.82, 2.24) is 0 Å². The van der Waals surface area contributed by atoms with Crippen molar-refractivity contribution in [3.63, 3.8) is 0 Å². The Balaban J connectivity index is 1.69. The summed E-state index contributed by atoms with van der Waals surface area (Å²) in [5.74, 6) is 1.52. The molecule has 0 aromatic heterocycles. The minimum Gasteiger partial charge on any atom is -0.493 e. The minimum atomic E-state index is 0.153. The molecule has 0 saturated heterocycles. The van der Waals surface area contributed by atoms with Crippen molar-refractivity contribution >= 4 is 33.5 Å². The molecule has 0 atom stereocenters. The maximum atomic E-state index is 12.3. The number of carbonyl (C=O) groups excluding carboxylic acids is 1. The summed E-state index contributed by atoms with van der Waals surface area (Å²) in [6.45, 7) is 0.721. The lowest BCUT2D eigenvalue weighted by Gasteiger charge is -2.05. The van der Waals surface area contributed by atoms with E-state index in [2.05, 4.69) is 15.9 Å². The van der Waals surface area contributed by atoms with Crippen molar-refractivity contribution in [2.75, 3.05) is 12.4 Å². The SMILES string of the molecule is O=C(CSc1ccccc1Br)c1ccc2c(c1)CCO2. The Hall–Kier alpha value is -1.26. The van der Waals surface area contributed by atoms with Gasteiger partial charge in [0.25, 0.3) is 0 Å². The molecule has 0 unspecified atom stereocenters. The highest BCUT2D eigenvalue weighted by Gasteiger charge is 2.15. The third-order valence-electron chi connectivity index (χ3n) is 3.21. The van der Waals surface area contributed by atoms with Crippen LogP contribution in [0.25, 0.3) is 0 Å². The summed E-state index contributed by atoms with van der Waals surface area (Å²) in [6, 6.07) is 13.7. The lowest BCUT2D eigenvalue weighted by Crippen LogP contribution is -2.02. The number of halogens is 1. The molecule has 0 N–H and O–H groups in total. The van der Waals surface area contributed by atoms with Gasteiger partial charge in [0.15, 0.2) is 5.78 Å². The fraction of sp³-hybridized carbons (Fsp3) is 0.188. The molecule has 0 amide bonds. The highest BCUT2D eigenvalue weighted by Crippen LogP contribution is 2.29. The van der Waals surface area contributed by atoms with Crippen LogP contribution in [0.2, 0.25) is 0 Å². The Labute approximate surface area is 130 Å². The number of fused-ring (bicyclic) bond motifs is 1. The van der Waals surface area contributed by atoms with Crippen LogP contribution in [0.4, 0.5) is 0 Å². The predicted molar refractivity (Wildman–Crippen MR) is 84.8 cm³/mol. The van der Waals surface area contributed by atoms with Crippen LogP contribution in [0.1, 0.15) is 15.9 Å². The van der Waals surface area contributed by atoms with Crippen LogP contribution >= 0.6 is 27.7 Å². The summed E-state index contributed by atoms with van der Waals surface area (Å²) in [6.07, 6.45) is 0.897. The Morgan fingerprint density at radius 2 is 2.10 bits per heavy atom. The monoisotopic (exact) mass is 348 g/mol. The van der Waals surface area contributed by atoms with E-state index in [1.807, 2.05) is 42.5 Å². The maximum absolute atomic E-state index is 12.3. The van der Waals surface area contributed by atoms with Crippen molar-refractivity contribution < 1.29 is 9.53 Å². The van der Waals surface area contributed by atoms with Gasteiger partial charge >= 0.3 is 0 Å². The van der Waals surface area contributed by atoms with Gasteiger partial charge in [-0.15, -0.1) is 11.8 Å². The summed E-state index contributed by atoms with van der Waals surface area (Å²) in [5.41, 5.74) is 1.91. The summed E-state index contributed by atoms with van der Waals surface area (Å²) < 4.78 is 6.48. The van der Waals surface area contributed by atoms with E-state index in [-0.39, 0.29) is 5.78 Å². The zero-order valence-electron chi connectivity index (χ0n) is 10.8. The number of carbonyl (C=O) groups is 1. The number of ketones is 1. The third-order valence-corrected chi connectivity index (χ3v) is 5.23. The van der Waals surface area contributed by atoms with Gasteiger partial charge in [-0.1, -0.05) is 12.1 Å². The van der Waals surface area contributed by atoms with E-state index in [0.717, 1.165) is 39.3 Å². The second-order valence-corrected chi connectivity index (χ2v) is 6.43. The van der Waals surface area contributed by atoms with E-state index >= 15 is 0 Å². The van der Waals surface area contributed by atoms with E-state index in [1.54, 1.807) is 11.8 Å². The highest BCUT2D eigenvalue weighted by molar-refractivity contribution is 9.10. The topological polar surface area (TPSA) is 26.3 Å². The molecule has 3 rings (SSSR count). The first-order valence-electron chi connectivity index (χ1n) is 6.40. The predicted octanol–water partition coefficient (Wildman–Crippen LogP) is 4.36. The molecule has 2 aromatic rings. The second kappa shape index (κ2) is 6.02. The molecular weight excluding hydrogens is 336 g/mol. The van der Waals surface area contributed by atoms with Gasteiger partial charge in [-0.2, -0.15) is 0 Å². The van der Waals surface area contributed by atoms with Gasteiger partial charge in [-0.25, -0.2) is 0 Å². The number of ether oxygens (including phenoxy) is 1. The molecule has 4 heteroatoms. The fourth-order valence-electron chi connectivity index (χ4n) is 2.15. The van der Waals surface area contributed by atoms with Crippen LogP contribution in [0.5, 0.6) is 5.75 Å². The van der Waals surface area contributed by atoms with Crippen LogP contribution in [0.15, 0.2) is 51.8 Å². The molecule has 2 nitrogen and oxygen atoms in total. The molecule has 1 aliphatic rings. The van der Waals surface area contributed by atoms with Crippen LogP contribution in [0.3, 0.4) is 0 Å². The Kier molecular flexibility index (Phi) is 4.13. The summed E-state index contributed by atoms with van der Waals surface area (Å²) in [7, 11) is 0. The average Bonchev–Trinajstić information content (AvgIpc) is 2.93. The van der Waals surface area contributed by atoms with Gasteiger partial charge in [-0.3, -0.25) is 4.79 Å². The number of rotatable bonds is 4. The molecular formula is C16H13BrO2S. The van der Waals surface area contributed by atoms with Gasteiger partial charge < -0.3 is 4.74 Å². The van der Waals surface area contributed by atoms with Gasteiger partial charge in [0.05, 0.1) is 12.4 Å². The van der Waals surface area contributed by atoms with Crippen molar-refractivity contribution in [2.24, 2.45) is 0 Å². The lowest BCUT2D eigenvalue weighted by molar-refractivity contribution is 0.102. The summed E-state index contributed by atoms with van der Waals surface area (Å²) in [4.78, 5) is 13.3. The Bertz CT molecular complexity index is 655. The van der Waals surface area contributed by atoms with E-state index in [0.29, 0.717) is 5.75 Å².